The number of carbonyl (C=O) groups excluding carboxylic acids is 1. The molecule has 0 unspecified atom stereocenters. The van der Waals surface area contributed by atoms with Crippen molar-refractivity contribution in [2.24, 2.45) is 0 Å². The highest BCUT2D eigenvalue weighted by atomic mass is 16.3. The molecule has 1 N–H and O–H groups in total. The van der Waals surface area contributed by atoms with Gasteiger partial charge in [-0.15, -0.1) is 0 Å². The molecule has 1 aromatic carbocycles. The molecule has 31 heavy (non-hydrogen) atoms. The summed E-state index contributed by atoms with van der Waals surface area (Å²) in [4.78, 5) is 15.5. The highest BCUT2D eigenvalue weighted by Gasteiger charge is 2.19. The number of amides is 1. The van der Waals surface area contributed by atoms with Crippen LogP contribution >= 0.6 is 0 Å². The van der Waals surface area contributed by atoms with Gasteiger partial charge in [0.1, 0.15) is 11.5 Å². The molecule has 168 valence electrons. The average molecular weight is 424 g/mol. The van der Waals surface area contributed by atoms with Crippen LogP contribution in [-0.2, 0) is 13.0 Å². The summed E-state index contributed by atoms with van der Waals surface area (Å²) in [5.74, 6) is 0.859. The summed E-state index contributed by atoms with van der Waals surface area (Å²) in [6.07, 6.45) is 4.02. The molecule has 0 saturated heterocycles. The van der Waals surface area contributed by atoms with Gasteiger partial charge >= 0.3 is 0 Å². The van der Waals surface area contributed by atoms with E-state index in [0.29, 0.717) is 5.69 Å². The fourth-order valence-corrected chi connectivity index (χ4v) is 4.21. The molecule has 3 rings (SSSR count). The van der Waals surface area contributed by atoms with E-state index in [1.54, 1.807) is 0 Å². The van der Waals surface area contributed by atoms with Gasteiger partial charge in [0, 0.05) is 24.7 Å². The van der Waals surface area contributed by atoms with Crippen LogP contribution in [0.5, 0.6) is 0 Å². The number of hydrogen-bond acceptors (Lipinski definition) is 3. The predicted octanol–water partition coefficient (Wildman–Crippen LogP) is 5.42. The first-order valence-electron chi connectivity index (χ1n) is 11.7. The van der Waals surface area contributed by atoms with Crippen molar-refractivity contribution in [2.45, 2.75) is 66.0 Å². The number of nitrogens with zero attached hydrogens (tertiary/aromatic N) is 2. The lowest BCUT2D eigenvalue weighted by Crippen LogP contribution is -2.34. The molecule has 1 amide bonds. The number of fused-ring (bicyclic) bond motifs is 1. The van der Waals surface area contributed by atoms with E-state index in [-0.39, 0.29) is 11.9 Å². The summed E-state index contributed by atoms with van der Waals surface area (Å²) in [6.45, 7) is 12.4. The van der Waals surface area contributed by atoms with E-state index >= 15 is 0 Å². The van der Waals surface area contributed by atoms with Crippen molar-refractivity contribution in [3.63, 3.8) is 0 Å². The minimum Gasteiger partial charge on any atom is -0.460 e. The summed E-state index contributed by atoms with van der Waals surface area (Å²) in [7, 11) is 0. The third kappa shape index (κ3) is 6.23. The lowest BCUT2D eigenvalue weighted by atomic mass is 10.1. The van der Waals surface area contributed by atoms with E-state index in [0.717, 1.165) is 68.7 Å². The summed E-state index contributed by atoms with van der Waals surface area (Å²) in [5, 5.41) is 3.20. The first kappa shape index (κ1) is 23.1. The molecule has 5 heteroatoms. The predicted molar refractivity (Wildman–Crippen MR) is 128 cm³/mol. The van der Waals surface area contributed by atoms with Gasteiger partial charge in [-0.25, -0.2) is 0 Å². The summed E-state index contributed by atoms with van der Waals surface area (Å²) in [6, 6.07) is 14.6. The lowest BCUT2D eigenvalue weighted by molar-refractivity contribution is 0.0928. The van der Waals surface area contributed by atoms with Crippen LogP contribution in [0.2, 0.25) is 0 Å². The number of carbonyl (C=O) groups is 1. The molecule has 3 aromatic rings. The Morgan fingerprint density at radius 3 is 2.58 bits per heavy atom. The molecule has 0 aliphatic rings. The number of aryl methyl sites for hydroxylation is 3. The monoisotopic (exact) mass is 423 g/mol. The number of furan rings is 1. The van der Waals surface area contributed by atoms with E-state index < -0.39 is 0 Å². The van der Waals surface area contributed by atoms with Crippen LogP contribution in [0.1, 0.15) is 61.8 Å². The average Bonchev–Trinajstić information content (AvgIpc) is 3.28. The Hall–Kier alpha value is -2.53. The largest absolute Gasteiger partial charge is 0.460 e. The summed E-state index contributed by atoms with van der Waals surface area (Å²) in [5.41, 5.74) is 3.81. The Bertz CT molecular complexity index is 954. The maximum Gasteiger partial charge on any atom is 0.268 e. The van der Waals surface area contributed by atoms with Crippen molar-refractivity contribution < 1.29 is 9.21 Å². The highest BCUT2D eigenvalue weighted by Crippen LogP contribution is 2.24. The number of benzene rings is 1. The van der Waals surface area contributed by atoms with Crippen LogP contribution in [0.3, 0.4) is 0 Å². The fourth-order valence-electron chi connectivity index (χ4n) is 4.21. The van der Waals surface area contributed by atoms with Crippen LogP contribution in [0.25, 0.3) is 11.1 Å². The van der Waals surface area contributed by atoms with Crippen LogP contribution in [-0.4, -0.2) is 41.1 Å². The molecule has 0 radical (unpaired) electrons. The van der Waals surface area contributed by atoms with Crippen molar-refractivity contribution >= 4 is 17.0 Å². The first-order valence-corrected chi connectivity index (χ1v) is 11.7. The van der Waals surface area contributed by atoms with Gasteiger partial charge in [-0.1, -0.05) is 44.2 Å². The van der Waals surface area contributed by atoms with Crippen molar-refractivity contribution in [3.05, 3.63) is 59.5 Å². The summed E-state index contributed by atoms with van der Waals surface area (Å²) >= 11 is 0. The zero-order chi connectivity index (χ0) is 22.2. The third-order valence-corrected chi connectivity index (χ3v) is 6.02. The quantitative estimate of drug-likeness (QED) is 0.423. The van der Waals surface area contributed by atoms with Gasteiger partial charge in [-0.3, -0.25) is 4.79 Å². The van der Waals surface area contributed by atoms with E-state index in [1.165, 1.54) is 5.56 Å². The molecule has 0 fully saturated rings. The molecule has 2 aromatic heterocycles. The van der Waals surface area contributed by atoms with Crippen LogP contribution in [0, 0.1) is 6.92 Å². The fraction of sp³-hybridized carbons (Fsp3) is 0.500. The van der Waals surface area contributed by atoms with Crippen molar-refractivity contribution in [1.29, 1.82) is 0 Å². The molecule has 0 aliphatic heterocycles. The molecule has 5 nitrogen and oxygen atoms in total. The molecule has 0 aliphatic carbocycles. The van der Waals surface area contributed by atoms with E-state index in [4.69, 9.17) is 4.42 Å². The Balaban J connectivity index is 1.63. The maximum atomic E-state index is 13.1. The molecular formula is C26H37N3O2. The second-order valence-corrected chi connectivity index (χ2v) is 8.42. The molecule has 1 atom stereocenters. The van der Waals surface area contributed by atoms with Gasteiger partial charge < -0.3 is 19.2 Å². The normalized spacial score (nSPS) is 12.5. The zero-order valence-electron chi connectivity index (χ0n) is 19.5. The number of aromatic nitrogens is 1. The van der Waals surface area contributed by atoms with Gasteiger partial charge in [0.15, 0.2) is 5.58 Å². The van der Waals surface area contributed by atoms with E-state index in [1.807, 2.05) is 25.1 Å². The Kier molecular flexibility index (Phi) is 8.35. The van der Waals surface area contributed by atoms with Crippen LogP contribution in [0.4, 0.5) is 0 Å². The molecular weight excluding hydrogens is 386 g/mol. The lowest BCUT2D eigenvalue weighted by Gasteiger charge is -2.20. The topological polar surface area (TPSA) is 50.4 Å². The molecule has 2 heterocycles. The maximum absolute atomic E-state index is 13.1. The van der Waals surface area contributed by atoms with Gasteiger partial charge in [0.2, 0.25) is 0 Å². The highest BCUT2D eigenvalue weighted by molar-refractivity contribution is 5.97. The number of nitrogens with one attached hydrogen (secondary N) is 1. The second kappa shape index (κ2) is 11.2. The summed E-state index contributed by atoms with van der Waals surface area (Å²) < 4.78 is 7.94. The van der Waals surface area contributed by atoms with Crippen molar-refractivity contribution in [3.8, 4) is 0 Å². The van der Waals surface area contributed by atoms with Crippen LogP contribution < -0.4 is 5.32 Å². The minimum atomic E-state index is -0.0147. The van der Waals surface area contributed by atoms with E-state index in [9.17, 15) is 4.79 Å². The minimum absolute atomic E-state index is 0.0147. The van der Waals surface area contributed by atoms with E-state index in [2.05, 4.69) is 59.8 Å². The Morgan fingerprint density at radius 2 is 1.87 bits per heavy atom. The number of rotatable bonds is 12. The van der Waals surface area contributed by atoms with Crippen LogP contribution in [0.15, 0.2) is 46.9 Å². The SMILES string of the molecule is CCN(CC)CCC[C@H](C)NC(=O)c1cc2oc(C)cc2n1CCCc1ccccc1. The van der Waals surface area contributed by atoms with Gasteiger partial charge in [0.05, 0.1) is 5.52 Å². The Morgan fingerprint density at radius 1 is 1.13 bits per heavy atom. The van der Waals surface area contributed by atoms with Crippen molar-refractivity contribution in [1.82, 2.24) is 14.8 Å². The molecule has 0 saturated carbocycles. The van der Waals surface area contributed by atoms with Crippen molar-refractivity contribution in [2.75, 3.05) is 19.6 Å². The first-order chi connectivity index (χ1) is 15.0. The second-order valence-electron chi connectivity index (χ2n) is 8.42. The standard InChI is InChI=1S/C26H37N3O2/c1-5-28(6-2)16-10-12-20(3)27-26(30)24-19-25-23(18-21(4)31-25)29(24)17-11-15-22-13-8-7-9-14-22/h7-9,13-14,18-20H,5-6,10-12,15-17H2,1-4H3,(H,27,30)/t20-/m0/s1. The smallest absolute Gasteiger partial charge is 0.268 e. The zero-order valence-corrected chi connectivity index (χ0v) is 19.5. The van der Waals surface area contributed by atoms with Gasteiger partial charge in [0.25, 0.3) is 5.91 Å². The Labute approximate surface area is 186 Å². The molecule has 0 bridgehead atoms. The third-order valence-electron chi connectivity index (χ3n) is 6.02. The molecule has 0 spiro atoms. The van der Waals surface area contributed by atoms with Gasteiger partial charge in [-0.2, -0.15) is 0 Å². The van der Waals surface area contributed by atoms with Gasteiger partial charge in [-0.05, 0) is 64.7 Å². The number of hydrogen-bond donors (Lipinski definition) is 1.